The highest BCUT2D eigenvalue weighted by atomic mass is 16.5. The molecule has 1 atom stereocenters. The molecule has 0 spiro atoms. The molecule has 0 aliphatic carbocycles. The van der Waals surface area contributed by atoms with E-state index in [1.54, 1.807) is 13.2 Å². The van der Waals surface area contributed by atoms with Gasteiger partial charge in [-0.1, -0.05) is 25.8 Å². The van der Waals surface area contributed by atoms with Crippen molar-refractivity contribution < 1.29 is 9.84 Å². The molecule has 1 fully saturated rings. The summed E-state index contributed by atoms with van der Waals surface area (Å²) in [6, 6.07) is 6.40. The van der Waals surface area contributed by atoms with Gasteiger partial charge in [0.05, 0.1) is 7.11 Å². The standard InChI is InChI=1S/C16H25NO2/c1-3-6-14-7-4-5-10-17(14)12-13-8-9-15(18)16(11-13)19-2/h8-9,11,14,18H,3-7,10,12H2,1-2H3. The molecule has 1 aromatic carbocycles. The third kappa shape index (κ3) is 3.63. The number of likely N-dealkylation sites (tertiary alicyclic amines) is 1. The molecule has 2 rings (SSSR count). The van der Waals surface area contributed by atoms with Crippen LogP contribution in [0.5, 0.6) is 11.5 Å². The molecule has 0 saturated carbocycles. The van der Waals surface area contributed by atoms with Gasteiger partial charge in [0.25, 0.3) is 0 Å². The number of nitrogens with zero attached hydrogens (tertiary/aromatic N) is 1. The third-order valence-electron chi connectivity index (χ3n) is 4.00. The van der Waals surface area contributed by atoms with Crippen molar-refractivity contribution in [3.63, 3.8) is 0 Å². The molecule has 3 heteroatoms. The summed E-state index contributed by atoms with van der Waals surface area (Å²) in [5.74, 6) is 0.788. The topological polar surface area (TPSA) is 32.7 Å². The Hall–Kier alpha value is -1.22. The number of hydrogen-bond donors (Lipinski definition) is 1. The number of phenols is 1. The molecule has 19 heavy (non-hydrogen) atoms. The van der Waals surface area contributed by atoms with Crippen LogP contribution in [-0.2, 0) is 6.54 Å². The Morgan fingerprint density at radius 2 is 2.21 bits per heavy atom. The second-order valence-electron chi connectivity index (χ2n) is 5.41. The van der Waals surface area contributed by atoms with E-state index in [0.29, 0.717) is 5.75 Å². The molecular formula is C16H25NO2. The van der Waals surface area contributed by atoms with Crippen LogP contribution < -0.4 is 4.74 Å². The number of rotatable bonds is 5. The van der Waals surface area contributed by atoms with Gasteiger partial charge in [0.15, 0.2) is 11.5 Å². The second kappa shape index (κ2) is 6.80. The van der Waals surface area contributed by atoms with E-state index in [-0.39, 0.29) is 5.75 Å². The Kier molecular flexibility index (Phi) is 5.08. The van der Waals surface area contributed by atoms with Crippen LogP contribution in [0.2, 0.25) is 0 Å². The number of benzene rings is 1. The van der Waals surface area contributed by atoms with Gasteiger partial charge in [0.1, 0.15) is 0 Å². The van der Waals surface area contributed by atoms with Gasteiger partial charge in [0.2, 0.25) is 0 Å². The quantitative estimate of drug-likeness (QED) is 0.881. The Labute approximate surface area is 116 Å². The van der Waals surface area contributed by atoms with Crippen molar-refractivity contribution in [2.75, 3.05) is 13.7 Å². The van der Waals surface area contributed by atoms with E-state index >= 15 is 0 Å². The lowest BCUT2D eigenvalue weighted by Crippen LogP contribution is -2.38. The summed E-state index contributed by atoms with van der Waals surface area (Å²) in [5.41, 5.74) is 1.22. The summed E-state index contributed by atoms with van der Waals surface area (Å²) in [5, 5.41) is 9.64. The molecule has 0 aromatic heterocycles. The van der Waals surface area contributed by atoms with Gasteiger partial charge in [-0.3, -0.25) is 4.90 Å². The first-order valence-corrected chi connectivity index (χ1v) is 7.34. The van der Waals surface area contributed by atoms with Crippen molar-refractivity contribution in [1.82, 2.24) is 4.90 Å². The van der Waals surface area contributed by atoms with Crippen molar-refractivity contribution in [3.05, 3.63) is 23.8 Å². The highest BCUT2D eigenvalue weighted by Gasteiger charge is 2.21. The van der Waals surface area contributed by atoms with Crippen LogP contribution in [0.1, 0.15) is 44.6 Å². The van der Waals surface area contributed by atoms with Gasteiger partial charge < -0.3 is 9.84 Å². The van der Waals surface area contributed by atoms with Crippen LogP contribution in [0.4, 0.5) is 0 Å². The molecule has 0 amide bonds. The fourth-order valence-electron chi connectivity index (χ4n) is 2.98. The van der Waals surface area contributed by atoms with E-state index in [1.165, 1.54) is 44.2 Å². The van der Waals surface area contributed by atoms with Crippen molar-refractivity contribution in [2.24, 2.45) is 0 Å². The predicted octanol–water partition coefficient (Wildman–Crippen LogP) is 3.56. The minimum absolute atomic E-state index is 0.218. The van der Waals surface area contributed by atoms with Gasteiger partial charge in [-0.2, -0.15) is 0 Å². The number of methoxy groups -OCH3 is 1. The van der Waals surface area contributed by atoms with Crippen LogP contribution in [-0.4, -0.2) is 29.7 Å². The van der Waals surface area contributed by atoms with Gasteiger partial charge in [0, 0.05) is 12.6 Å². The van der Waals surface area contributed by atoms with E-state index in [2.05, 4.69) is 11.8 Å². The summed E-state index contributed by atoms with van der Waals surface area (Å²) in [4.78, 5) is 2.58. The average molecular weight is 263 g/mol. The monoisotopic (exact) mass is 263 g/mol. The molecule has 1 aliphatic heterocycles. The molecular weight excluding hydrogens is 238 g/mol. The molecule has 0 bridgehead atoms. The van der Waals surface area contributed by atoms with Crippen molar-refractivity contribution in [1.29, 1.82) is 0 Å². The minimum Gasteiger partial charge on any atom is -0.504 e. The molecule has 0 radical (unpaired) electrons. The number of hydrogen-bond acceptors (Lipinski definition) is 3. The zero-order valence-electron chi connectivity index (χ0n) is 12.1. The third-order valence-corrected chi connectivity index (χ3v) is 4.00. The maximum atomic E-state index is 9.64. The molecule has 1 saturated heterocycles. The first kappa shape index (κ1) is 14.2. The first-order valence-electron chi connectivity index (χ1n) is 7.34. The number of piperidine rings is 1. The Morgan fingerprint density at radius 1 is 1.37 bits per heavy atom. The molecule has 1 aliphatic rings. The van der Waals surface area contributed by atoms with Gasteiger partial charge in [-0.05, 0) is 43.5 Å². The minimum atomic E-state index is 0.218. The van der Waals surface area contributed by atoms with Gasteiger partial charge >= 0.3 is 0 Å². The van der Waals surface area contributed by atoms with E-state index in [9.17, 15) is 5.11 Å². The Morgan fingerprint density at radius 3 is 2.95 bits per heavy atom. The summed E-state index contributed by atoms with van der Waals surface area (Å²) in [6.45, 7) is 4.41. The lowest BCUT2D eigenvalue weighted by Gasteiger charge is -2.35. The SMILES string of the molecule is CCCC1CCCCN1Cc1ccc(O)c(OC)c1. The molecule has 106 valence electrons. The largest absolute Gasteiger partial charge is 0.504 e. The van der Waals surface area contributed by atoms with Gasteiger partial charge in [-0.25, -0.2) is 0 Å². The number of phenolic OH excluding ortho intramolecular Hbond substituents is 1. The van der Waals surface area contributed by atoms with Crippen LogP contribution >= 0.6 is 0 Å². The molecule has 1 heterocycles. The van der Waals surface area contributed by atoms with Crippen molar-refractivity contribution in [2.45, 2.75) is 51.6 Å². The fraction of sp³-hybridized carbons (Fsp3) is 0.625. The average Bonchev–Trinajstić information content (AvgIpc) is 2.43. The van der Waals surface area contributed by atoms with Crippen LogP contribution in [0.25, 0.3) is 0 Å². The predicted molar refractivity (Wildman–Crippen MR) is 77.6 cm³/mol. The zero-order valence-corrected chi connectivity index (χ0v) is 12.1. The molecule has 1 N–H and O–H groups in total. The highest BCUT2D eigenvalue weighted by Crippen LogP contribution is 2.28. The number of ether oxygens (including phenoxy) is 1. The highest BCUT2D eigenvalue weighted by molar-refractivity contribution is 5.41. The fourth-order valence-corrected chi connectivity index (χ4v) is 2.98. The summed E-state index contributed by atoms with van der Waals surface area (Å²) in [7, 11) is 1.60. The molecule has 1 aromatic rings. The van der Waals surface area contributed by atoms with Crippen molar-refractivity contribution >= 4 is 0 Å². The summed E-state index contributed by atoms with van der Waals surface area (Å²) in [6.07, 6.45) is 6.52. The van der Waals surface area contributed by atoms with Crippen LogP contribution in [0.3, 0.4) is 0 Å². The van der Waals surface area contributed by atoms with Crippen molar-refractivity contribution in [3.8, 4) is 11.5 Å². The van der Waals surface area contributed by atoms with Crippen LogP contribution in [0, 0.1) is 0 Å². The lowest BCUT2D eigenvalue weighted by molar-refractivity contribution is 0.131. The van der Waals surface area contributed by atoms with E-state index < -0.39 is 0 Å². The second-order valence-corrected chi connectivity index (χ2v) is 5.41. The zero-order chi connectivity index (χ0) is 13.7. The van der Waals surface area contributed by atoms with Gasteiger partial charge in [-0.15, -0.1) is 0 Å². The van der Waals surface area contributed by atoms with E-state index in [4.69, 9.17) is 4.74 Å². The smallest absolute Gasteiger partial charge is 0.160 e. The summed E-state index contributed by atoms with van der Waals surface area (Å²) < 4.78 is 5.18. The molecule has 1 unspecified atom stereocenters. The molecule has 3 nitrogen and oxygen atoms in total. The maximum absolute atomic E-state index is 9.64. The van der Waals surface area contributed by atoms with E-state index in [1.807, 2.05) is 12.1 Å². The normalized spacial score (nSPS) is 20.4. The van der Waals surface area contributed by atoms with E-state index in [0.717, 1.165) is 12.6 Å². The Balaban J connectivity index is 2.06. The van der Waals surface area contributed by atoms with Crippen LogP contribution in [0.15, 0.2) is 18.2 Å². The first-order chi connectivity index (χ1) is 9.24. The Bertz CT molecular complexity index is 404. The number of aromatic hydroxyl groups is 1. The maximum Gasteiger partial charge on any atom is 0.160 e. The summed E-state index contributed by atoms with van der Waals surface area (Å²) >= 11 is 0. The lowest BCUT2D eigenvalue weighted by atomic mass is 9.97.